The van der Waals surface area contributed by atoms with Crippen molar-refractivity contribution in [2.24, 2.45) is 11.1 Å². The Bertz CT molecular complexity index is 433. The summed E-state index contributed by atoms with van der Waals surface area (Å²) in [5.41, 5.74) is 7.28. The summed E-state index contributed by atoms with van der Waals surface area (Å²) >= 11 is 0. The molecule has 0 saturated carbocycles. The third-order valence-electron chi connectivity index (χ3n) is 4.10. The van der Waals surface area contributed by atoms with Gasteiger partial charge in [-0.05, 0) is 43.1 Å². The summed E-state index contributed by atoms with van der Waals surface area (Å²) in [7, 11) is 3.36. The van der Waals surface area contributed by atoms with Gasteiger partial charge in [-0.2, -0.15) is 0 Å². The number of nitrogens with two attached hydrogens (primary N) is 1. The van der Waals surface area contributed by atoms with Crippen molar-refractivity contribution in [3.8, 4) is 11.5 Å². The smallest absolute Gasteiger partial charge is 0.125 e. The van der Waals surface area contributed by atoms with Crippen LogP contribution < -0.4 is 15.2 Å². The lowest BCUT2D eigenvalue weighted by Gasteiger charge is -2.34. The van der Waals surface area contributed by atoms with Crippen LogP contribution in [0.1, 0.15) is 26.3 Å². The van der Waals surface area contributed by atoms with Gasteiger partial charge in [-0.15, -0.1) is 0 Å². The number of rotatable bonds is 9. The molecule has 120 valence electrons. The van der Waals surface area contributed by atoms with E-state index in [2.05, 4.69) is 31.7 Å². The van der Waals surface area contributed by atoms with Gasteiger partial charge in [0.05, 0.1) is 14.2 Å². The van der Waals surface area contributed by atoms with E-state index in [9.17, 15) is 0 Å². The Morgan fingerprint density at radius 1 is 1.14 bits per heavy atom. The Morgan fingerprint density at radius 2 is 1.81 bits per heavy atom. The molecular formula is C17H30N2O2. The Labute approximate surface area is 129 Å². The number of hydrogen-bond acceptors (Lipinski definition) is 4. The lowest BCUT2D eigenvalue weighted by atomic mass is 9.82. The summed E-state index contributed by atoms with van der Waals surface area (Å²) in [4.78, 5) is 2.42. The van der Waals surface area contributed by atoms with Gasteiger partial charge >= 0.3 is 0 Å². The Morgan fingerprint density at radius 3 is 2.29 bits per heavy atom. The summed E-state index contributed by atoms with van der Waals surface area (Å²) < 4.78 is 10.8. The highest BCUT2D eigenvalue weighted by Gasteiger charge is 2.26. The van der Waals surface area contributed by atoms with Crippen molar-refractivity contribution in [2.75, 3.05) is 40.4 Å². The Kier molecular flexibility index (Phi) is 6.99. The first-order valence-corrected chi connectivity index (χ1v) is 7.65. The average Bonchev–Trinajstić information content (AvgIpc) is 2.53. The quantitative estimate of drug-likeness (QED) is 0.760. The largest absolute Gasteiger partial charge is 0.497 e. The molecule has 4 nitrogen and oxygen atoms in total. The van der Waals surface area contributed by atoms with E-state index in [-0.39, 0.29) is 5.41 Å². The van der Waals surface area contributed by atoms with Gasteiger partial charge in [0.1, 0.15) is 11.5 Å². The molecule has 0 spiro atoms. The third kappa shape index (κ3) is 4.90. The Hall–Kier alpha value is -1.26. The molecule has 2 N–H and O–H groups in total. The van der Waals surface area contributed by atoms with Crippen molar-refractivity contribution >= 4 is 0 Å². The zero-order chi connectivity index (χ0) is 15.9. The van der Waals surface area contributed by atoms with E-state index in [0.29, 0.717) is 6.54 Å². The molecule has 0 aliphatic heterocycles. The van der Waals surface area contributed by atoms with Crippen LogP contribution in [-0.2, 0) is 6.42 Å². The third-order valence-corrected chi connectivity index (χ3v) is 4.10. The average molecular weight is 294 g/mol. The fourth-order valence-corrected chi connectivity index (χ4v) is 2.64. The van der Waals surface area contributed by atoms with Crippen LogP contribution in [0.5, 0.6) is 11.5 Å². The standard InChI is InChI=1S/C17H30N2O2/c1-6-19(7-2)13-17(3,12-18)11-14-8-9-15(20-4)10-16(14)21-5/h8-10H,6-7,11-13,18H2,1-5H3. The van der Waals surface area contributed by atoms with Crippen LogP contribution in [0.2, 0.25) is 0 Å². The summed E-state index contributed by atoms with van der Waals surface area (Å²) in [6, 6.07) is 5.99. The van der Waals surface area contributed by atoms with Gasteiger partial charge < -0.3 is 20.1 Å². The molecule has 4 heteroatoms. The molecule has 0 heterocycles. The molecule has 0 saturated heterocycles. The predicted molar refractivity (Wildman–Crippen MR) is 88.2 cm³/mol. The Balaban J connectivity index is 2.94. The molecule has 1 atom stereocenters. The minimum atomic E-state index is 0.0356. The molecule has 0 fully saturated rings. The number of hydrogen-bond donors (Lipinski definition) is 1. The van der Waals surface area contributed by atoms with Crippen molar-refractivity contribution in [3.05, 3.63) is 23.8 Å². The monoisotopic (exact) mass is 294 g/mol. The molecule has 0 amide bonds. The second kappa shape index (κ2) is 8.25. The molecule has 0 aromatic heterocycles. The van der Waals surface area contributed by atoms with E-state index in [0.717, 1.165) is 37.6 Å². The zero-order valence-electron chi connectivity index (χ0n) is 14.1. The van der Waals surface area contributed by atoms with Crippen molar-refractivity contribution in [2.45, 2.75) is 27.2 Å². The summed E-state index contributed by atoms with van der Waals surface area (Å²) in [5.74, 6) is 1.68. The summed E-state index contributed by atoms with van der Waals surface area (Å²) in [6.45, 7) is 10.4. The van der Waals surface area contributed by atoms with Crippen LogP contribution in [0.15, 0.2) is 18.2 Å². The normalized spacial score (nSPS) is 14.0. The first-order valence-electron chi connectivity index (χ1n) is 7.65. The van der Waals surface area contributed by atoms with Gasteiger partial charge in [0.15, 0.2) is 0 Å². The highest BCUT2D eigenvalue weighted by atomic mass is 16.5. The fraction of sp³-hybridized carbons (Fsp3) is 0.647. The van der Waals surface area contributed by atoms with Crippen LogP contribution in [-0.4, -0.2) is 45.3 Å². The molecule has 1 aromatic rings. The zero-order valence-corrected chi connectivity index (χ0v) is 14.1. The first-order chi connectivity index (χ1) is 10.0. The maximum absolute atomic E-state index is 6.07. The van der Waals surface area contributed by atoms with Crippen molar-refractivity contribution in [3.63, 3.8) is 0 Å². The van der Waals surface area contributed by atoms with E-state index in [1.54, 1.807) is 14.2 Å². The van der Waals surface area contributed by atoms with E-state index in [1.165, 1.54) is 5.56 Å². The van der Waals surface area contributed by atoms with Gasteiger partial charge in [0.2, 0.25) is 0 Å². The second-order valence-electron chi connectivity index (χ2n) is 5.83. The molecule has 21 heavy (non-hydrogen) atoms. The maximum Gasteiger partial charge on any atom is 0.125 e. The van der Waals surface area contributed by atoms with Crippen LogP contribution in [0, 0.1) is 5.41 Å². The van der Waals surface area contributed by atoms with Gasteiger partial charge in [-0.3, -0.25) is 0 Å². The lowest BCUT2D eigenvalue weighted by molar-refractivity contribution is 0.180. The topological polar surface area (TPSA) is 47.7 Å². The molecule has 0 radical (unpaired) electrons. The molecule has 0 aliphatic carbocycles. The first kappa shape index (κ1) is 17.8. The maximum atomic E-state index is 6.07. The van der Waals surface area contributed by atoms with E-state index in [4.69, 9.17) is 15.2 Å². The summed E-state index contributed by atoms with van der Waals surface area (Å²) in [6.07, 6.45) is 0.896. The van der Waals surface area contributed by atoms with E-state index < -0.39 is 0 Å². The van der Waals surface area contributed by atoms with Gasteiger partial charge in [0.25, 0.3) is 0 Å². The molecule has 1 aromatic carbocycles. The van der Waals surface area contributed by atoms with Crippen LogP contribution >= 0.6 is 0 Å². The van der Waals surface area contributed by atoms with Crippen molar-refractivity contribution in [1.29, 1.82) is 0 Å². The highest BCUT2D eigenvalue weighted by Crippen LogP contribution is 2.31. The molecule has 1 unspecified atom stereocenters. The van der Waals surface area contributed by atoms with Crippen molar-refractivity contribution in [1.82, 2.24) is 4.90 Å². The lowest BCUT2D eigenvalue weighted by Crippen LogP contribution is -2.42. The minimum Gasteiger partial charge on any atom is -0.497 e. The second-order valence-corrected chi connectivity index (χ2v) is 5.83. The highest BCUT2D eigenvalue weighted by molar-refractivity contribution is 5.41. The van der Waals surface area contributed by atoms with Crippen LogP contribution in [0.25, 0.3) is 0 Å². The molecule has 1 rings (SSSR count). The van der Waals surface area contributed by atoms with Crippen LogP contribution in [0.4, 0.5) is 0 Å². The van der Waals surface area contributed by atoms with Crippen LogP contribution in [0.3, 0.4) is 0 Å². The number of methoxy groups -OCH3 is 2. The SMILES string of the molecule is CCN(CC)CC(C)(CN)Cc1ccc(OC)cc1OC. The number of ether oxygens (including phenoxy) is 2. The minimum absolute atomic E-state index is 0.0356. The van der Waals surface area contributed by atoms with Gasteiger partial charge in [0, 0.05) is 12.6 Å². The van der Waals surface area contributed by atoms with Gasteiger partial charge in [-0.1, -0.05) is 26.8 Å². The summed E-state index contributed by atoms with van der Waals surface area (Å²) in [5, 5.41) is 0. The molecule has 0 bridgehead atoms. The van der Waals surface area contributed by atoms with Gasteiger partial charge in [-0.25, -0.2) is 0 Å². The van der Waals surface area contributed by atoms with Crippen molar-refractivity contribution < 1.29 is 9.47 Å². The van der Waals surface area contributed by atoms with E-state index in [1.807, 2.05) is 12.1 Å². The molecule has 0 aliphatic rings. The van der Waals surface area contributed by atoms with E-state index >= 15 is 0 Å². The number of benzene rings is 1. The number of nitrogens with zero attached hydrogens (tertiary/aromatic N) is 1. The fourth-order valence-electron chi connectivity index (χ4n) is 2.64. The predicted octanol–water partition coefficient (Wildman–Crippen LogP) is 2.55. The molecular weight excluding hydrogens is 264 g/mol.